The molecule has 1 atom stereocenters. The van der Waals surface area contributed by atoms with Crippen LogP contribution in [0.5, 0.6) is 0 Å². The first-order valence-electron chi connectivity index (χ1n) is 8.35. The van der Waals surface area contributed by atoms with Crippen molar-refractivity contribution >= 4 is 23.5 Å². The molecule has 2 aromatic heterocycles. The fraction of sp³-hybridized carbons (Fsp3) is 0.471. The number of hydrogen-bond donors (Lipinski definition) is 2. The molecule has 1 aliphatic heterocycles. The molecule has 0 radical (unpaired) electrons. The van der Waals surface area contributed by atoms with E-state index in [9.17, 15) is 4.79 Å². The van der Waals surface area contributed by atoms with E-state index in [-0.39, 0.29) is 0 Å². The van der Waals surface area contributed by atoms with Crippen molar-refractivity contribution in [3.05, 3.63) is 34.7 Å². The standard InChI is InChI=1S/C17H22ClN5O2/c1-11-3-4-12(2)23(11)16-20-14(18)9-15(21-16)22-8-6-13(10-22)5-7-19-17(24)25/h3-4,9,13,19H,5-8,10H2,1-2H3,(H,24,25)/t13-/m1/s1. The molecular formula is C17H22ClN5O2. The Morgan fingerprint density at radius 2 is 2.08 bits per heavy atom. The van der Waals surface area contributed by atoms with Gasteiger partial charge in [-0.3, -0.25) is 4.57 Å². The summed E-state index contributed by atoms with van der Waals surface area (Å²) in [7, 11) is 0. The van der Waals surface area contributed by atoms with E-state index in [1.54, 1.807) is 6.07 Å². The number of aromatic nitrogens is 3. The van der Waals surface area contributed by atoms with Crippen LogP contribution in [0, 0.1) is 19.8 Å². The number of amides is 1. The van der Waals surface area contributed by atoms with Crippen LogP contribution in [0.25, 0.3) is 5.95 Å². The second-order valence-electron chi connectivity index (χ2n) is 6.42. The molecule has 0 saturated carbocycles. The molecule has 0 aliphatic carbocycles. The number of rotatable bonds is 5. The van der Waals surface area contributed by atoms with Gasteiger partial charge in [0.05, 0.1) is 0 Å². The monoisotopic (exact) mass is 363 g/mol. The first kappa shape index (κ1) is 17.5. The van der Waals surface area contributed by atoms with Crippen molar-refractivity contribution in [1.82, 2.24) is 19.9 Å². The number of nitrogens with zero attached hydrogens (tertiary/aromatic N) is 4. The maximum Gasteiger partial charge on any atom is 0.404 e. The lowest BCUT2D eigenvalue weighted by Crippen LogP contribution is -2.25. The van der Waals surface area contributed by atoms with Crippen LogP contribution in [0.15, 0.2) is 18.2 Å². The molecule has 8 heteroatoms. The SMILES string of the molecule is Cc1ccc(C)n1-c1nc(Cl)cc(N2CC[C@@H](CCNC(=O)O)C2)n1. The van der Waals surface area contributed by atoms with Crippen LogP contribution in [-0.4, -0.2) is 45.4 Å². The third-order valence-electron chi connectivity index (χ3n) is 4.58. The summed E-state index contributed by atoms with van der Waals surface area (Å²) in [4.78, 5) is 21.8. The quantitative estimate of drug-likeness (QED) is 0.798. The topological polar surface area (TPSA) is 83.3 Å². The number of nitrogens with one attached hydrogen (secondary N) is 1. The molecule has 2 aromatic rings. The molecule has 0 aromatic carbocycles. The van der Waals surface area contributed by atoms with Crippen molar-refractivity contribution in [1.29, 1.82) is 0 Å². The zero-order valence-corrected chi connectivity index (χ0v) is 15.1. The van der Waals surface area contributed by atoms with Gasteiger partial charge < -0.3 is 15.3 Å². The van der Waals surface area contributed by atoms with E-state index in [0.29, 0.717) is 23.6 Å². The Morgan fingerprint density at radius 1 is 1.36 bits per heavy atom. The van der Waals surface area contributed by atoms with Crippen LogP contribution in [-0.2, 0) is 0 Å². The summed E-state index contributed by atoms with van der Waals surface area (Å²) < 4.78 is 1.99. The van der Waals surface area contributed by atoms with Gasteiger partial charge in [-0.2, -0.15) is 4.98 Å². The molecular weight excluding hydrogens is 342 g/mol. The summed E-state index contributed by atoms with van der Waals surface area (Å²) in [6.45, 7) is 6.23. The number of anilines is 1. The molecule has 1 fully saturated rings. The average molecular weight is 364 g/mol. The van der Waals surface area contributed by atoms with Gasteiger partial charge in [0.15, 0.2) is 0 Å². The van der Waals surface area contributed by atoms with Gasteiger partial charge in [0.2, 0.25) is 5.95 Å². The van der Waals surface area contributed by atoms with E-state index in [4.69, 9.17) is 21.7 Å². The largest absolute Gasteiger partial charge is 0.465 e. The number of carbonyl (C=O) groups is 1. The molecule has 3 heterocycles. The van der Waals surface area contributed by atoms with Crippen molar-refractivity contribution in [3.8, 4) is 5.95 Å². The summed E-state index contributed by atoms with van der Waals surface area (Å²) >= 11 is 6.24. The van der Waals surface area contributed by atoms with E-state index in [1.807, 2.05) is 30.5 Å². The molecule has 0 bridgehead atoms. The summed E-state index contributed by atoms with van der Waals surface area (Å²) in [6.07, 6.45) is 0.865. The fourth-order valence-corrected chi connectivity index (χ4v) is 3.47. The number of carboxylic acid groups (broad SMARTS) is 1. The molecule has 1 amide bonds. The minimum absolute atomic E-state index is 0.420. The smallest absolute Gasteiger partial charge is 0.404 e. The van der Waals surface area contributed by atoms with Crippen molar-refractivity contribution in [2.24, 2.45) is 5.92 Å². The Labute approximate surface area is 151 Å². The lowest BCUT2D eigenvalue weighted by molar-refractivity contribution is 0.193. The van der Waals surface area contributed by atoms with Gasteiger partial charge in [0.25, 0.3) is 0 Å². The van der Waals surface area contributed by atoms with Crippen LogP contribution in [0.3, 0.4) is 0 Å². The van der Waals surface area contributed by atoms with Gasteiger partial charge in [0, 0.05) is 37.1 Å². The Balaban J connectivity index is 1.74. The molecule has 1 saturated heterocycles. The van der Waals surface area contributed by atoms with E-state index in [2.05, 4.69) is 15.2 Å². The second kappa shape index (κ2) is 7.31. The molecule has 2 N–H and O–H groups in total. The van der Waals surface area contributed by atoms with E-state index < -0.39 is 6.09 Å². The predicted octanol–water partition coefficient (Wildman–Crippen LogP) is 3.02. The van der Waals surface area contributed by atoms with Gasteiger partial charge in [0.1, 0.15) is 11.0 Å². The van der Waals surface area contributed by atoms with Crippen LogP contribution >= 0.6 is 11.6 Å². The summed E-state index contributed by atoms with van der Waals surface area (Å²) in [6, 6.07) is 5.85. The van der Waals surface area contributed by atoms with Crippen LogP contribution < -0.4 is 10.2 Å². The number of hydrogen-bond acceptors (Lipinski definition) is 4. The van der Waals surface area contributed by atoms with Gasteiger partial charge in [-0.25, -0.2) is 9.78 Å². The minimum Gasteiger partial charge on any atom is -0.465 e. The minimum atomic E-state index is -0.973. The van der Waals surface area contributed by atoms with Gasteiger partial charge in [-0.05, 0) is 44.7 Å². The second-order valence-corrected chi connectivity index (χ2v) is 6.81. The van der Waals surface area contributed by atoms with Crippen molar-refractivity contribution in [2.45, 2.75) is 26.7 Å². The van der Waals surface area contributed by atoms with Crippen LogP contribution in [0.4, 0.5) is 10.6 Å². The highest BCUT2D eigenvalue weighted by Crippen LogP contribution is 2.27. The zero-order chi connectivity index (χ0) is 18.0. The van der Waals surface area contributed by atoms with Crippen molar-refractivity contribution in [2.75, 3.05) is 24.5 Å². The highest BCUT2D eigenvalue weighted by Gasteiger charge is 2.24. The van der Waals surface area contributed by atoms with E-state index in [0.717, 1.165) is 43.1 Å². The summed E-state index contributed by atoms with van der Waals surface area (Å²) in [5.74, 6) is 1.84. The Kier molecular flexibility index (Phi) is 5.13. The summed E-state index contributed by atoms with van der Waals surface area (Å²) in [5, 5.41) is 11.5. The number of halogens is 1. The molecule has 25 heavy (non-hydrogen) atoms. The van der Waals surface area contributed by atoms with Gasteiger partial charge in [-0.15, -0.1) is 0 Å². The third-order valence-corrected chi connectivity index (χ3v) is 4.77. The first-order valence-corrected chi connectivity index (χ1v) is 8.73. The Morgan fingerprint density at radius 3 is 2.76 bits per heavy atom. The Hall–Kier alpha value is -2.28. The molecule has 0 unspecified atom stereocenters. The maximum absolute atomic E-state index is 10.5. The lowest BCUT2D eigenvalue weighted by atomic mass is 10.1. The summed E-state index contributed by atoms with van der Waals surface area (Å²) in [5.41, 5.74) is 2.12. The third kappa shape index (κ3) is 4.04. The Bertz CT molecular complexity index is 757. The lowest BCUT2D eigenvalue weighted by Gasteiger charge is -2.19. The molecule has 134 valence electrons. The highest BCUT2D eigenvalue weighted by molar-refractivity contribution is 6.29. The van der Waals surface area contributed by atoms with Gasteiger partial charge >= 0.3 is 6.09 Å². The van der Waals surface area contributed by atoms with E-state index in [1.165, 1.54) is 0 Å². The van der Waals surface area contributed by atoms with Gasteiger partial charge in [-0.1, -0.05) is 11.6 Å². The zero-order valence-electron chi connectivity index (χ0n) is 14.4. The predicted molar refractivity (Wildman–Crippen MR) is 96.8 cm³/mol. The molecule has 0 spiro atoms. The highest BCUT2D eigenvalue weighted by atomic mass is 35.5. The van der Waals surface area contributed by atoms with Crippen molar-refractivity contribution < 1.29 is 9.90 Å². The number of aryl methyl sites for hydroxylation is 2. The molecule has 7 nitrogen and oxygen atoms in total. The molecule has 3 rings (SSSR count). The normalized spacial score (nSPS) is 17.1. The maximum atomic E-state index is 10.5. The van der Waals surface area contributed by atoms with Crippen molar-refractivity contribution in [3.63, 3.8) is 0 Å². The fourth-order valence-electron chi connectivity index (χ4n) is 3.30. The van der Waals surface area contributed by atoms with Crippen LogP contribution in [0.2, 0.25) is 5.15 Å². The van der Waals surface area contributed by atoms with E-state index >= 15 is 0 Å². The average Bonchev–Trinajstić information content (AvgIpc) is 3.13. The van der Waals surface area contributed by atoms with Crippen LogP contribution in [0.1, 0.15) is 24.2 Å². The molecule has 1 aliphatic rings. The first-order chi connectivity index (χ1) is 11.9.